The number of aromatic hydroxyl groups is 1. The highest BCUT2D eigenvalue weighted by Crippen LogP contribution is 2.39. The van der Waals surface area contributed by atoms with Gasteiger partial charge in [0.15, 0.2) is 11.5 Å². The van der Waals surface area contributed by atoms with Crippen LogP contribution >= 0.6 is 0 Å². The van der Waals surface area contributed by atoms with Gasteiger partial charge in [-0.2, -0.15) is 0 Å². The van der Waals surface area contributed by atoms with Crippen molar-refractivity contribution in [3.63, 3.8) is 0 Å². The van der Waals surface area contributed by atoms with Gasteiger partial charge in [0.2, 0.25) is 0 Å². The number of furan rings is 1. The van der Waals surface area contributed by atoms with Crippen LogP contribution in [0.15, 0.2) is 16.5 Å². The molecule has 0 fully saturated rings. The van der Waals surface area contributed by atoms with Gasteiger partial charge in [0.1, 0.15) is 16.9 Å². The van der Waals surface area contributed by atoms with Crippen molar-refractivity contribution in [2.24, 2.45) is 0 Å². The van der Waals surface area contributed by atoms with E-state index in [1.165, 1.54) is 7.11 Å². The number of methoxy groups -OCH3 is 1. The van der Waals surface area contributed by atoms with Gasteiger partial charge in [-0.15, -0.1) is 0 Å². The topological polar surface area (TPSA) is 68.9 Å². The lowest BCUT2D eigenvalue weighted by Crippen LogP contribution is -2.05. The Hall–Kier alpha value is -2.17. The summed E-state index contributed by atoms with van der Waals surface area (Å²) >= 11 is 0. The summed E-state index contributed by atoms with van der Waals surface area (Å²) < 4.78 is 15.4. The first-order valence-corrected chi connectivity index (χ1v) is 5.56. The van der Waals surface area contributed by atoms with E-state index in [1.54, 1.807) is 26.0 Å². The molecule has 18 heavy (non-hydrogen) atoms. The van der Waals surface area contributed by atoms with Gasteiger partial charge in [0, 0.05) is 0 Å². The summed E-state index contributed by atoms with van der Waals surface area (Å²) in [6, 6.07) is 3.22. The molecule has 0 saturated heterocycles. The van der Waals surface area contributed by atoms with Gasteiger partial charge < -0.3 is 19.0 Å². The zero-order valence-corrected chi connectivity index (χ0v) is 10.4. The molecule has 1 N–H and O–H groups in total. The maximum atomic E-state index is 11.9. The average Bonchev–Trinajstić information content (AvgIpc) is 2.67. The highest BCUT2D eigenvalue weighted by atomic mass is 16.5. The minimum atomic E-state index is -0.516. The summed E-state index contributed by atoms with van der Waals surface area (Å²) in [5.41, 5.74) is 0.664. The molecule has 0 bridgehead atoms. The van der Waals surface area contributed by atoms with Crippen molar-refractivity contribution in [1.29, 1.82) is 0 Å². The standard InChI is InChI=1S/C13H14O5/c1-4-17-13(15)10-7(2)18-8-5-6-9(16-3)12(14)11(8)10/h5-6,14H,4H2,1-3H3. The van der Waals surface area contributed by atoms with Crippen LogP contribution in [0.5, 0.6) is 11.5 Å². The van der Waals surface area contributed by atoms with Crippen molar-refractivity contribution in [2.45, 2.75) is 13.8 Å². The third-order valence-electron chi connectivity index (χ3n) is 2.67. The van der Waals surface area contributed by atoms with Crippen LogP contribution in [0.1, 0.15) is 23.0 Å². The number of fused-ring (bicyclic) bond motifs is 1. The smallest absolute Gasteiger partial charge is 0.342 e. The Balaban J connectivity index is 2.71. The van der Waals surface area contributed by atoms with Crippen molar-refractivity contribution < 1.29 is 23.8 Å². The number of carbonyl (C=O) groups excluding carboxylic acids is 1. The van der Waals surface area contributed by atoms with E-state index in [4.69, 9.17) is 13.9 Å². The highest BCUT2D eigenvalue weighted by Gasteiger charge is 2.23. The van der Waals surface area contributed by atoms with Gasteiger partial charge in [0.05, 0.1) is 19.1 Å². The molecule has 0 aliphatic rings. The first-order valence-electron chi connectivity index (χ1n) is 5.56. The summed E-state index contributed by atoms with van der Waals surface area (Å²) in [6.45, 7) is 3.63. The third-order valence-corrected chi connectivity index (χ3v) is 2.67. The van der Waals surface area contributed by atoms with E-state index < -0.39 is 5.97 Å². The summed E-state index contributed by atoms with van der Waals surface area (Å²) in [4.78, 5) is 11.9. The van der Waals surface area contributed by atoms with Crippen molar-refractivity contribution in [2.75, 3.05) is 13.7 Å². The quantitative estimate of drug-likeness (QED) is 0.848. The van der Waals surface area contributed by atoms with E-state index in [2.05, 4.69) is 0 Å². The number of ether oxygens (including phenoxy) is 2. The Morgan fingerprint density at radius 2 is 2.17 bits per heavy atom. The van der Waals surface area contributed by atoms with E-state index in [-0.39, 0.29) is 23.7 Å². The Bertz CT molecular complexity index is 597. The molecule has 0 atom stereocenters. The van der Waals surface area contributed by atoms with Crippen molar-refractivity contribution in [1.82, 2.24) is 0 Å². The molecule has 5 heteroatoms. The SMILES string of the molecule is CCOC(=O)c1c(C)oc2ccc(OC)c(O)c12. The number of hydrogen-bond donors (Lipinski definition) is 1. The van der Waals surface area contributed by atoms with Crippen LogP contribution in [0.3, 0.4) is 0 Å². The van der Waals surface area contributed by atoms with Crippen molar-refractivity contribution in [3.8, 4) is 11.5 Å². The molecule has 5 nitrogen and oxygen atoms in total. The Labute approximate surface area is 104 Å². The Kier molecular flexibility index (Phi) is 3.14. The highest BCUT2D eigenvalue weighted by molar-refractivity contribution is 6.07. The Morgan fingerprint density at radius 3 is 2.78 bits per heavy atom. The summed E-state index contributed by atoms with van der Waals surface area (Å²) in [7, 11) is 1.44. The molecule has 0 amide bonds. The van der Waals surface area contributed by atoms with Crippen molar-refractivity contribution in [3.05, 3.63) is 23.5 Å². The van der Waals surface area contributed by atoms with Gasteiger partial charge >= 0.3 is 5.97 Å². The molecule has 0 spiro atoms. The second-order valence-electron chi connectivity index (χ2n) is 3.74. The molecule has 2 aromatic rings. The van der Waals surface area contributed by atoms with Crippen LogP contribution in [-0.2, 0) is 4.74 Å². The fourth-order valence-electron chi connectivity index (χ4n) is 1.89. The zero-order valence-electron chi connectivity index (χ0n) is 10.4. The Morgan fingerprint density at radius 1 is 1.44 bits per heavy atom. The molecule has 96 valence electrons. The van der Waals surface area contributed by atoms with E-state index in [0.717, 1.165) is 0 Å². The molecule has 0 aliphatic heterocycles. The molecular weight excluding hydrogens is 236 g/mol. The third kappa shape index (κ3) is 1.77. The first-order chi connectivity index (χ1) is 8.60. The van der Waals surface area contributed by atoms with E-state index in [9.17, 15) is 9.90 Å². The molecule has 0 aliphatic carbocycles. The van der Waals surface area contributed by atoms with Gasteiger partial charge in [-0.05, 0) is 26.0 Å². The molecule has 0 saturated carbocycles. The number of phenols is 1. The van der Waals surface area contributed by atoms with Gasteiger partial charge in [0.25, 0.3) is 0 Å². The number of esters is 1. The lowest BCUT2D eigenvalue weighted by Gasteiger charge is -2.05. The number of benzene rings is 1. The van der Waals surface area contributed by atoms with E-state index >= 15 is 0 Å². The summed E-state index contributed by atoms with van der Waals surface area (Å²) in [6.07, 6.45) is 0. The summed E-state index contributed by atoms with van der Waals surface area (Å²) in [5, 5.41) is 10.4. The van der Waals surface area contributed by atoms with Crippen LogP contribution in [0.4, 0.5) is 0 Å². The molecule has 1 heterocycles. The maximum absolute atomic E-state index is 11.9. The molecule has 0 unspecified atom stereocenters. The number of rotatable bonds is 3. The monoisotopic (exact) mass is 250 g/mol. The molecule has 0 radical (unpaired) electrons. The second kappa shape index (κ2) is 4.60. The zero-order chi connectivity index (χ0) is 13.3. The van der Waals surface area contributed by atoms with Crippen molar-refractivity contribution >= 4 is 16.9 Å². The van der Waals surface area contributed by atoms with Crippen LogP contribution in [0, 0.1) is 6.92 Å². The minimum absolute atomic E-state index is 0.116. The lowest BCUT2D eigenvalue weighted by molar-refractivity contribution is 0.0526. The van der Waals surface area contributed by atoms with Gasteiger partial charge in [-0.3, -0.25) is 0 Å². The minimum Gasteiger partial charge on any atom is -0.504 e. The van der Waals surface area contributed by atoms with E-state index in [0.29, 0.717) is 16.7 Å². The number of carbonyl (C=O) groups is 1. The van der Waals surface area contributed by atoms with E-state index in [1.807, 2.05) is 0 Å². The number of aryl methyl sites for hydroxylation is 1. The molecular formula is C13H14O5. The second-order valence-corrected chi connectivity index (χ2v) is 3.74. The summed E-state index contributed by atoms with van der Waals surface area (Å²) in [5.74, 6) is 0.0630. The molecule has 1 aromatic carbocycles. The fraction of sp³-hybridized carbons (Fsp3) is 0.308. The lowest BCUT2D eigenvalue weighted by atomic mass is 10.1. The first kappa shape index (κ1) is 12.3. The van der Waals surface area contributed by atoms with Crippen LogP contribution in [0.25, 0.3) is 11.0 Å². The normalized spacial score (nSPS) is 10.6. The van der Waals surface area contributed by atoms with Gasteiger partial charge in [-0.25, -0.2) is 4.79 Å². The predicted molar refractivity (Wildman–Crippen MR) is 65.1 cm³/mol. The molecule has 2 rings (SSSR count). The predicted octanol–water partition coefficient (Wildman–Crippen LogP) is 2.63. The van der Waals surface area contributed by atoms with Crippen LogP contribution in [0.2, 0.25) is 0 Å². The van der Waals surface area contributed by atoms with Gasteiger partial charge in [-0.1, -0.05) is 0 Å². The number of phenolic OH excluding ortho intramolecular Hbond substituents is 1. The van der Waals surface area contributed by atoms with Crippen LogP contribution < -0.4 is 4.74 Å². The maximum Gasteiger partial charge on any atom is 0.342 e. The number of hydrogen-bond acceptors (Lipinski definition) is 5. The largest absolute Gasteiger partial charge is 0.504 e. The van der Waals surface area contributed by atoms with Crippen LogP contribution in [-0.4, -0.2) is 24.8 Å². The fourth-order valence-corrected chi connectivity index (χ4v) is 1.89. The average molecular weight is 250 g/mol. The molecule has 1 aromatic heterocycles.